The van der Waals surface area contributed by atoms with Crippen LogP contribution in [0.2, 0.25) is 0 Å². The Balaban J connectivity index is 0.00000180. The van der Waals surface area contributed by atoms with Gasteiger partial charge in [-0.2, -0.15) is 0 Å². The van der Waals surface area contributed by atoms with Crippen LogP contribution in [-0.4, -0.2) is 51.5 Å². The molecule has 2 rings (SSSR count). The number of ether oxygens (including phenoxy) is 2. The van der Waals surface area contributed by atoms with Crippen molar-refractivity contribution < 1.29 is 14.3 Å². The lowest BCUT2D eigenvalue weighted by atomic mass is 9.99. The fourth-order valence-corrected chi connectivity index (χ4v) is 2.40. The molecule has 1 amide bonds. The molecule has 6 heteroatoms. The van der Waals surface area contributed by atoms with E-state index in [9.17, 15) is 4.79 Å². The highest BCUT2D eigenvalue weighted by molar-refractivity contribution is 5.85. The molecule has 2 unspecified atom stereocenters. The van der Waals surface area contributed by atoms with Gasteiger partial charge in [-0.05, 0) is 32.2 Å². The third-order valence-corrected chi connectivity index (χ3v) is 3.53. The van der Waals surface area contributed by atoms with Gasteiger partial charge >= 0.3 is 0 Å². The van der Waals surface area contributed by atoms with Gasteiger partial charge in [0.05, 0.1) is 18.6 Å². The molecule has 0 spiro atoms. The fraction of sp³-hybridized carbons (Fsp3) is 0.923. The van der Waals surface area contributed by atoms with Gasteiger partial charge in [-0.25, -0.2) is 0 Å². The Morgan fingerprint density at radius 3 is 3.00 bits per heavy atom. The Morgan fingerprint density at radius 1 is 1.42 bits per heavy atom. The number of nitrogens with one attached hydrogen (secondary N) is 2. The molecular weight excluding hydrogens is 268 g/mol. The number of halogens is 1. The quantitative estimate of drug-likeness (QED) is 0.708. The number of hydrogen-bond donors (Lipinski definition) is 2. The number of hydrogen-bond acceptors (Lipinski definition) is 4. The molecule has 2 saturated heterocycles. The minimum atomic E-state index is 0. The molecule has 2 N–H and O–H groups in total. The lowest BCUT2D eigenvalue weighted by Gasteiger charge is -2.21. The summed E-state index contributed by atoms with van der Waals surface area (Å²) in [7, 11) is 0. The Morgan fingerprint density at radius 2 is 2.32 bits per heavy atom. The summed E-state index contributed by atoms with van der Waals surface area (Å²) < 4.78 is 10.9. The monoisotopic (exact) mass is 292 g/mol. The van der Waals surface area contributed by atoms with E-state index in [0.717, 1.165) is 52.0 Å². The lowest BCUT2D eigenvalue weighted by Crippen LogP contribution is -2.41. The first kappa shape index (κ1) is 16.7. The van der Waals surface area contributed by atoms with Crippen molar-refractivity contribution in [2.45, 2.75) is 31.8 Å². The van der Waals surface area contributed by atoms with Crippen LogP contribution in [0.15, 0.2) is 0 Å². The molecule has 2 heterocycles. The predicted octanol–water partition coefficient (Wildman–Crippen LogP) is 0.720. The maximum atomic E-state index is 11.8. The summed E-state index contributed by atoms with van der Waals surface area (Å²) in [4.78, 5) is 11.8. The van der Waals surface area contributed by atoms with Crippen molar-refractivity contribution in [1.82, 2.24) is 10.6 Å². The summed E-state index contributed by atoms with van der Waals surface area (Å²) in [5, 5.41) is 6.24. The van der Waals surface area contributed by atoms with Crippen molar-refractivity contribution >= 4 is 18.3 Å². The zero-order valence-corrected chi connectivity index (χ0v) is 12.2. The SMILES string of the molecule is Cl.O=C(NCCCOC1CCOC1)C1CCCNC1. The molecular formula is C13H25ClN2O3. The molecule has 5 nitrogen and oxygen atoms in total. The summed E-state index contributed by atoms with van der Waals surface area (Å²) in [6.45, 7) is 4.82. The second kappa shape index (κ2) is 9.53. The highest BCUT2D eigenvalue weighted by atomic mass is 35.5. The molecule has 0 saturated carbocycles. The van der Waals surface area contributed by atoms with E-state index < -0.39 is 0 Å². The molecule has 2 atom stereocenters. The maximum Gasteiger partial charge on any atom is 0.224 e. The normalized spacial score (nSPS) is 26.7. The number of carbonyl (C=O) groups is 1. The Hall–Kier alpha value is -0.360. The molecule has 2 fully saturated rings. The van der Waals surface area contributed by atoms with Gasteiger partial charge in [0, 0.05) is 26.3 Å². The summed E-state index contributed by atoms with van der Waals surface area (Å²) >= 11 is 0. The van der Waals surface area contributed by atoms with Crippen LogP contribution in [0.1, 0.15) is 25.7 Å². The molecule has 0 aliphatic carbocycles. The first-order valence-corrected chi connectivity index (χ1v) is 7.04. The van der Waals surface area contributed by atoms with E-state index in [1.807, 2.05) is 0 Å². The van der Waals surface area contributed by atoms with Crippen LogP contribution < -0.4 is 10.6 Å². The van der Waals surface area contributed by atoms with Crippen LogP contribution in [0.5, 0.6) is 0 Å². The first-order valence-electron chi connectivity index (χ1n) is 7.04. The van der Waals surface area contributed by atoms with Crippen molar-refractivity contribution in [3.8, 4) is 0 Å². The van der Waals surface area contributed by atoms with E-state index in [-0.39, 0.29) is 30.3 Å². The number of carbonyl (C=O) groups excluding carboxylic acids is 1. The molecule has 2 aliphatic heterocycles. The first-order chi connectivity index (χ1) is 8.86. The van der Waals surface area contributed by atoms with Gasteiger partial charge in [0.15, 0.2) is 0 Å². The van der Waals surface area contributed by atoms with Gasteiger partial charge in [-0.1, -0.05) is 0 Å². The van der Waals surface area contributed by atoms with Crippen LogP contribution in [0.3, 0.4) is 0 Å². The second-order valence-corrected chi connectivity index (χ2v) is 5.04. The summed E-state index contributed by atoms with van der Waals surface area (Å²) in [6, 6.07) is 0. The molecule has 19 heavy (non-hydrogen) atoms. The van der Waals surface area contributed by atoms with Gasteiger partial charge in [-0.3, -0.25) is 4.79 Å². The zero-order chi connectivity index (χ0) is 12.6. The van der Waals surface area contributed by atoms with Gasteiger partial charge in [0.2, 0.25) is 5.91 Å². The third-order valence-electron chi connectivity index (χ3n) is 3.53. The minimum Gasteiger partial charge on any atom is -0.379 e. The topological polar surface area (TPSA) is 59.6 Å². The highest BCUT2D eigenvalue weighted by Crippen LogP contribution is 2.10. The van der Waals surface area contributed by atoms with Gasteiger partial charge in [0.25, 0.3) is 0 Å². The van der Waals surface area contributed by atoms with Gasteiger partial charge < -0.3 is 20.1 Å². The van der Waals surface area contributed by atoms with Crippen molar-refractivity contribution in [2.24, 2.45) is 5.92 Å². The summed E-state index contributed by atoms with van der Waals surface area (Å²) in [5.74, 6) is 0.342. The number of rotatable bonds is 6. The van der Waals surface area contributed by atoms with E-state index in [0.29, 0.717) is 13.2 Å². The fourth-order valence-electron chi connectivity index (χ4n) is 2.40. The number of piperidine rings is 1. The third kappa shape index (κ3) is 6.08. The minimum absolute atomic E-state index is 0. The lowest BCUT2D eigenvalue weighted by molar-refractivity contribution is -0.125. The van der Waals surface area contributed by atoms with Crippen LogP contribution in [-0.2, 0) is 14.3 Å². The molecule has 0 aromatic carbocycles. The van der Waals surface area contributed by atoms with Crippen molar-refractivity contribution in [3.63, 3.8) is 0 Å². The predicted molar refractivity (Wildman–Crippen MR) is 75.6 cm³/mol. The van der Waals surface area contributed by atoms with E-state index >= 15 is 0 Å². The molecule has 0 aromatic rings. The number of amides is 1. The molecule has 0 aromatic heterocycles. The molecule has 0 radical (unpaired) electrons. The second-order valence-electron chi connectivity index (χ2n) is 5.04. The Kier molecular flexibility index (Phi) is 8.37. The largest absolute Gasteiger partial charge is 0.379 e. The highest BCUT2D eigenvalue weighted by Gasteiger charge is 2.20. The van der Waals surface area contributed by atoms with Crippen LogP contribution in [0.25, 0.3) is 0 Å². The Labute approximate surface area is 121 Å². The molecule has 2 aliphatic rings. The smallest absolute Gasteiger partial charge is 0.224 e. The zero-order valence-electron chi connectivity index (χ0n) is 11.4. The van der Waals surface area contributed by atoms with Crippen molar-refractivity contribution in [2.75, 3.05) is 39.5 Å². The van der Waals surface area contributed by atoms with E-state index in [1.165, 1.54) is 0 Å². The van der Waals surface area contributed by atoms with E-state index in [4.69, 9.17) is 9.47 Å². The average molecular weight is 293 g/mol. The van der Waals surface area contributed by atoms with Crippen LogP contribution in [0, 0.1) is 5.92 Å². The van der Waals surface area contributed by atoms with Crippen LogP contribution in [0.4, 0.5) is 0 Å². The summed E-state index contributed by atoms with van der Waals surface area (Å²) in [5.41, 5.74) is 0. The van der Waals surface area contributed by atoms with E-state index in [2.05, 4.69) is 10.6 Å². The van der Waals surface area contributed by atoms with Gasteiger partial charge in [0.1, 0.15) is 0 Å². The molecule has 0 bridgehead atoms. The molecule has 112 valence electrons. The van der Waals surface area contributed by atoms with Gasteiger partial charge in [-0.15, -0.1) is 12.4 Å². The maximum absolute atomic E-state index is 11.8. The standard InChI is InChI=1S/C13H24N2O3.ClH/c16-13(11-3-1-5-14-9-11)15-6-2-7-18-12-4-8-17-10-12;/h11-12,14H,1-10H2,(H,15,16);1H. The van der Waals surface area contributed by atoms with Crippen molar-refractivity contribution in [1.29, 1.82) is 0 Å². The summed E-state index contributed by atoms with van der Waals surface area (Å²) in [6.07, 6.45) is 4.25. The van der Waals surface area contributed by atoms with Crippen LogP contribution >= 0.6 is 12.4 Å². The Bertz CT molecular complexity index is 254. The average Bonchev–Trinajstić information content (AvgIpc) is 2.92. The van der Waals surface area contributed by atoms with E-state index in [1.54, 1.807) is 0 Å². The van der Waals surface area contributed by atoms with Crippen molar-refractivity contribution in [3.05, 3.63) is 0 Å².